The van der Waals surface area contributed by atoms with Gasteiger partial charge < -0.3 is 10.6 Å². The van der Waals surface area contributed by atoms with Crippen molar-refractivity contribution in [3.05, 3.63) is 29.6 Å². The van der Waals surface area contributed by atoms with Crippen molar-refractivity contribution in [1.29, 1.82) is 5.41 Å². The van der Waals surface area contributed by atoms with E-state index < -0.39 is 5.82 Å². The van der Waals surface area contributed by atoms with E-state index in [2.05, 4.69) is 4.90 Å². The molecular weight excluding hydrogens is 193 g/mol. The van der Waals surface area contributed by atoms with Crippen LogP contribution in [0, 0.1) is 11.2 Å². The van der Waals surface area contributed by atoms with Crippen LogP contribution in [0.25, 0.3) is 0 Å². The second-order valence-electron chi connectivity index (χ2n) is 3.74. The Labute approximate surface area is 88.2 Å². The molecule has 0 bridgehead atoms. The molecular formula is C11H14FN3. The number of nitrogen functional groups attached to an aromatic ring is 1. The Morgan fingerprint density at radius 1 is 1.33 bits per heavy atom. The van der Waals surface area contributed by atoms with Gasteiger partial charge in [-0.05, 0) is 25.0 Å². The van der Waals surface area contributed by atoms with Crippen molar-refractivity contribution in [1.82, 2.24) is 0 Å². The number of nitrogens with one attached hydrogen (secondary N) is 1. The Morgan fingerprint density at radius 3 is 2.60 bits per heavy atom. The lowest BCUT2D eigenvalue weighted by Gasteiger charge is -2.21. The summed E-state index contributed by atoms with van der Waals surface area (Å²) in [6.45, 7) is 1.84. The molecule has 2 rings (SSSR count). The zero-order chi connectivity index (χ0) is 10.8. The van der Waals surface area contributed by atoms with Crippen LogP contribution in [-0.2, 0) is 0 Å². The number of nitrogens with two attached hydrogens (primary N) is 1. The smallest absolute Gasteiger partial charge is 0.136 e. The minimum absolute atomic E-state index is 0.199. The number of amidine groups is 1. The van der Waals surface area contributed by atoms with Crippen LogP contribution in [0.4, 0.5) is 10.1 Å². The largest absolute Gasteiger partial charge is 0.384 e. The number of anilines is 1. The summed E-state index contributed by atoms with van der Waals surface area (Å²) < 4.78 is 13.5. The predicted molar refractivity (Wildman–Crippen MR) is 58.9 cm³/mol. The monoisotopic (exact) mass is 207 g/mol. The van der Waals surface area contributed by atoms with Crippen LogP contribution in [0.15, 0.2) is 18.2 Å². The van der Waals surface area contributed by atoms with E-state index in [9.17, 15) is 4.39 Å². The minimum Gasteiger partial charge on any atom is -0.384 e. The summed E-state index contributed by atoms with van der Waals surface area (Å²) in [5.74, 6) is -0.609. The molecule has 3 nitrogen and oxygen atoms in total. The summed E-state index contributed by atoms with van der Waals surface area (Å²) >= 11 is 0. The maximum atomic E-state index is 13.5. The molecule has 80 valence electrons. The first-order chi connectivity index (χ1) is 7.20. The van der Waals surface area contributed by atoms with Gasteiger partial charge in [-0.15, -0.1) is 0 Å². The van der Waals surface area contributed by atoms with Crippen LogP contribution >= 0.6 is 0 Å². The van der Waals surface area contributed by atoms with Gasteiger partial charge in [0.2, 0.25) is 0 Å². The van der Waals surface area contributed by atoms with Crippen molar-refractivity contribution in [2.75, 3.05) is 18.0 Å². The van der Waals surface area contributed by atoms with Crippen LogP contribution in [-0.4, -0.2) is 18.9 Å². The van der Waals surface area contributed by atoms with E-state index in [1.165, 1.54) is 6.07 Å². The minimum atomic E-state index is -0.410. The molecule has 0 amide bonds. The Balaban J connectivity index is 2.45. The molecule has 1 aliphatic rings. The fraction of sp³-hybridized carbons (Fsp3) is 0.364. The molecule has 1 aliphatic heterocycles. The highest BCUT2D eigenvalue weighted by molar-refractivity contribution is 6.00. The zero-order valence-electron chi connectivity index (χ0n) is 8.46. The standard InChI is InChI=1S/C11H14FN3/c12-8-4-3-5-9(10(8)11(13)14)15-6-1-2-7-15/h3-5H,1-2,6-7H2,(H3,13,14). The predicted octanol–water partition coefficient (Wildman–Crippen LogP) is 1.71. The first-order valence-corrected chi connectivity index (χ1v) is 5.08. The second-order valence-corrected chi connectivity index (χ2v) is 3.74. The van der Waals surface area contributed by atoms with Crippen LogP contribution < -0.4 is 10.6 Å². The molecule has 1 saturated heterocycles. The molecule has 1 fully saturated rings. The number of hydrogen-bond acceptors (Lipinski definition) is 2. The van der Waals surface area contributed by atoms with Gasteiger partial charge in [0, 0.05) is 13.1 Å². The molecule has 1 aromatic carbocycles. The van der Waals surface area contributed by atoms with Gasteiger partial charge in [0.15, 0.2) is 0 Å². The topological polar surface area (TPSA) is 53.1 Å². The van der Waals surface area contributed by atoms with Gasteiger partial charge in [0.1, 0.15) is 11.7 Å². The molecule has 3 N–H and O–H groups in total. The highest BCUT2D eigenvalue weighted by Crippen LogP contribution is 2.26. The first-order valence-electron chi connectivity index (χ1n) is 5.08. The summed E-state index contributed by atoms with van der Waals surface area (Å²) in [4.78, 5) is 2.08. The molecule has 1 aromatic rings. The third kappa shape index (κ3) is 1.79. The number of benzene rings is 1. The van der Waals surface area contributed by atoms with Crippen LogP contribution in [0.5, 0.6) is 0 Å². The van der Waals surface area contributed by atoms with Gasteiger partial charge in [0.05, 0.1) is 11.3 Å². The van der Waals surface area contributed by atoms with Crippen molar-refractivity contribution in [2.24, 2.45) is 5.73 Å². The molecule has 0 saturated carbocycles. The summed E-state index contributed by atoms with van der Waals surface area (Å²) in [6.07, 6.45) is 2.24. The van der Waals surface area contributed by atoms with Crippen molar-refractivity contribution in [2.45, 2.75) is 12.8 Å². The number of rotatable bonds is 2. The maximum Gasteiger partial charge on any atom is 0.136 e. The lowest BCUT2D eigenvalue weighted by molar-refractivity contribution is 0.624. The van der Waals surface area contributed by atoms with Gasteiger partial charge in [-0.1, -0.05) is 6.07 Å². The molecule has 0 unspecified atom stereocenters. The molecule has 1 heterocycles. The van der Waals surface area contributed by atoms with Crippen molar-refractivity contribution < 1.29 is 4.39 Å². The third-order valence-corrected chi connectivity index (χ3v) is 2.71. The van der Waals surface area contributed by atoms with Crippen LogP contribution in [0.3, 0.4) is 0 Å². The summed E-state index contributed by atoms with van der Waals surface area (Å²) in [7, 11) is 0. The fourth-order valence-corrected chi connectivity index (χ4v) is 2.00. The lowest BCUT2D eigenvalue weighted by Crippen LogP contribution is -2.24. The highest BCUT2D eigenvalue weighted by atomic mass is 19.1. The van der Waals surface area contributed by atoms with E-state index in [0.717, 1.165) is 31.6 Å². The van der Waals surface area contributed by atoms with E-state index >= 15 is 0 Å². The molecule has 0 radical (unpaired) electrons. The van der Waals surface area contributed by atoms with E-state index in [4.69, 9.17) is 11.1 Å². The zero-order valence-corrected chi connectivity index (χ0v) is 8.46. The molecule has 0 spiro atoms. The molecule has 4 heteroatoms. The number of nitrogens with zero attached hydrogens (tertiary/aromatic N) is 1. The molecule has 0 aliphatic carbocycles. The second kappa shape index (κ2) is 3.88. The first kappa shape index (κ1) is 9.96. The molecule has 15 heavy (non-hydrogen) atoms. The molecule has 0 atom stereocenters. The SMILES string of the molecule is N=C(N)c1c(F)cccc1N1CCCC1. The van der Waals surface area contributed by atoms with Crippen molar-refractivity contribution in [3.63, 3.8) is 0 Å². The van der Waals surface area contributed by atoms with Gasteiger partial charge >= 0.3 is 0 Å². The quantitative estimate of drug-likeness (QED) is 0.573. The molecule has 0 aromatic heterocycles. The summed E-state index contributed by atoms with van der Waals surface area (Å²) in [5.41, 5.74) is 6.39. The Hall–Kier alpha value is -1.58. The van der Waals surface area contributed by atoms with E-state index in [1.54, 1.807) is 6.07 Å². The third-order valence-electron chi connectivity index (χ3n) is 2.71. The Morgan fingerprint density at radius 2 is 2.00 bits per heavy atom. The van der Waals surface area contributed by atoms with Crippen molar-refractivity contribution in [3.8, 4) is 0 Å². The average Bonchev–Trinajstić information content (AvgIpc) is 2.69. The van der Waals surface area contributed by atoms with Crippen LogP contribution in [0.2, 0.25) is 0 Å². The lowest BCUT2D eigenvalue weighted by atomic mass is 10.1. The van der Waals surface area contributed by atoms with Gasteiger partial charge in [-0.2, -0.15) is 0 Å². The average molecular weight is 207 g/mol. The van der Waals surface area contributed by atoms with E-state index in [1.807, 2.05) is 6.07 Å². The van der Waals surface area contributed by atoms with E-state index in [-0.39, 0.29) is 11.4 Å². The normalized spacial score (nSPS) is 15.7. The summed E-state index contributed by atoms with van der Waals surface area (Å²) in [6, 6.07) is 4.83. The van der Waals surface area contributed by atoms with Gasteiger partial charge in [-0.3, -0.25) is 5.41 Å². The Bertz CT molecular complexity index is 383. The van der Waals surface area contributed by atoms with E-state index in [0.29, 0.717) is 0 Å². The highest BCUT2D eigenvalue weighted by Gasteiger charge is 2.19. The van der Waals surface area contributed by atoms with Crippen molar-refractivity contribution >= 4 is 11.5 Å². The van der Waals surface area contributed by atoms with Gasteiger partial charge in [0.25, 0.3) is 0 Å². The van der Waals surface area contributed by atoms with Crippen LogP contribution in [0.1, 0.15) is 18.4 Å². The number of hydrogen-bond donors (Lipinski definition) is 2. The van der Waals surface area contributed by atoms with Gasteiger partial charge in [-0.25, -0.2) is 4.39 Å². The summed E-state index contributed by atoms with van der Waals surface area (Å²) in [5, 5.41) is 7.39. The fourth-order valence-electron chi connectivity index (χ4n) is 2.00. The Kier molecular flexibility index (Phi) is 2.58. The number of halogens is 1. The maximum absolute atomic E-state index is 13.5.